The van der Waals surface area contributed by atoms with E-state index in [-0.39, 0.29) is 22.9 Å². The molecule has 0 radical (unpaired) electrons. The van der Waals surface area contributed by atoms with Gasteiger partial charge in [-0.3, -0.25) is 10.1 Å². The van der Waals surface area contributed by atoms with Crippen LogP contribution in [0.25, 0.3) is 11.4 Å². The van der Waals surface area contributed by atoms with Crippen LogP contribution in [0.3, 0.4) is 0 Å². The van der Waals surface area contributed by atoms with Crippen LogP contribution >= 0.6 is 0 Å². The second-order valence-electron chi connectivity index (χ2n) is 5.74. The molecule has 0 amide bonds. The molecule has 6 nitrogen and oxygen atoms in total. The van der Waals surface area contributed by atoms with Crippen LogP contribution < -0.4 is 4.74 Å². The number of ether oxygens (including phenoxy) is 1. The zero-order chi connectivity index (χ0) is 19.7. The Hall–Kier alpha value is -2.88. The lowest BCUT2D eigenvalue weighted by Crippen LogP contribution is -2.05. The number of rotatable bonds is 5. The van der Waals surface area contributed by atoms with Gasteiger partial charge >= 0.3 is 6.18 Å². The van der Waals surface area contributed by atoms with Crippen molar-refractivity contribution >= 4 is 9.84 Å². The molecule has 2 aromatic heterocycles. The molecule has 0 bridgehead atoms. The summed E-state index contributed by atoms with van der Waals surface area (Å²) < 4.78 is 67.4. The number of pyridine rings is 1. The van der Waals surface area contributed by atoms with Crippen molar-refractivity contribution < 1.29 is 26.3 Å². The topological polar surface area (TPSA) is 84.9 Å². The molecule has 0 saturated heterocycles. The molecule has 142 valence electrons. The van der Waals surface area contributed by atoms with Gasteiger partial charge in [0.05, 0.1) is 28.7 Å². The average molecular weight is 397 g/mol. The van der Waals surface area contributed by atoms with Crippen molar-refractivity contribution in [3.8, 4) is 17.1 Å². The molecule has 0 spiro atoms. The summed E-state index contributed by atoms with van der Waals surface area (Å²) in [6.45, 7) is 0.0856. The van der Waals surface area contributed by atoms with Crippen LogP contribution in [0.1, 0.15) is 11.1 Å². The fraction of sp³-hybridized carbons (Fsp3) is 0.176. The number of nitrogens with one attached hydrogen (secondary N) is 1. The third kappa shape index (κ3) is 4.45. The van der Waals surface area contributed by atoms with Gasteiger partial charge in [-0.05, 0) is 29.8 Å². The predicted octanol–water partition coefficient (Wildman–Crippen LogP) is 3.47. The summed E-state index contributed by atoms with van der Waals surface area (Å²) >= 11 is 0. The summed E-state index contributed by atoms with van der Waals surface area (Å²) in [5.74, 6) is 0.330. The van der Waals surface area contributed by atoms with Crippen LogP contribution in [0, 0.1) is 0 Å². The maximum Gasteiger partial charge on any atom is 0.420 e. The van der Waals surface area contributed by atoms with E-state index in [4.69, 9.17) is 4.74 Å². The zero-order valence-corrected chi connectivity index (χ0v) is 14.8. The highest BCUT2D eigenvalue weighted by molar-refractivity contribution is 7.90. The Morgan fingerprint density at radius 3 is 2.56 bits per heavy atom. The summed E-state index contributed by atoms with van der Waals surface area (Å²) in [6, 6.07) is 9.15. The quantitative estimate of drug-likeness (QED) is 0.713. The van der Waals surface area contributed by atoms with Gasteiger partial charge in [0.25, 0.3) is 0 Å². The first kappa shape index (κ1) is 18.9. The number of hydrogen-bond donors (Lipinski definition) is 1. The second-order valence-corrected chi connectivity index (χ2v) is 7.76. The van der Waals surface area contributed by atoms with Crippen molar-refractivity contribution in [2.75, 3.05) is 6.26 Å². The summed E-state index contributed by atoms with van der Waals surface area (Å²) in [7, 11) is -3.32. The fourth-order valence-corrected chi connectivity index (χ4v) is 3.03. The molecule has 1 N–H and O–H groups in total. The largest absolute Gasteiger partial charge is 0.487 e. The number of hydrogen-bond acceptors (Lipinski definition) is 5. The molecular weight excluding hydrogens is 383 g/mol. The lowest BCUT2D eigenvalue weighted by atomic mass is 10.2. The average Bonchev–Trinajstić information content (AvgIpc) is 3.10. The van der Waals surface area contributed by atoms with Crippen LogP contribution in [-0.2, 0) is 22.6 Å². The second kappa shape index (κ2) is 7.03. The Morgan fingerprint density at radius 2 is 1.93 bits per heavy atom. The highest BCUT2D eigenvalue weighted by Crippen LogP contribution is 2.35. The highest BCUT2D eigenvalue weighted by Gasteiger charge is 2.35. The third-order valence-electron chi connectivity index (χ3n) is 3.67. The molecule has 0 saturated carbocycles. The van der Waals surface area contributed by atoms with Crippen LogP contribution in [0.15, 0.2) is 53.7 Å². The van der Waals surface area contributed by atoms with E-state index in [1.165, 1.54) is 30.5 Å². The van der Waals surface area contributed by atoms with E-state index in [0.29, 0.717) is 17.5 Å². The summed E-state index contributed by atoms with van der Waals surface area (Å²) in [5.41, 5.74) is -0.419. The zero-order valence-electron chi connectivity index (χ0n) is 14.0. The SMILES string of the molecule is CS(=O)(=O)c1cccc(COc2ccc(-c3[nH]ncc3C(F)(F)F)nc2)c1. The minimum absolute atomic E-state index is 0.0752. The lowest BCUT2D eigenvalue weighted by molar-refractivity contribution is -0.137. The van der Waals surface area contributed by atoms with Gasteiger partial charge in [0, 0.05) is 6.26 Å². The van der Waals surface area contributed by atoms with Crippen LogP contribution in [-0.4, -0.2) is 29.9 Å². The molecule has 0 unspecified atom stereocenters. The van der Waals surface area contributed by atoms with Gasteiger partial charge in [0.15, 0.2) is 9.84 Å². The van der Waals surface area contributed by atoms with E-state index in [2.05, 4.69) is 15.2 Å². The first-order valence-electron chi connectivity index (χ1n) is 7.63. The number of benzene rings is 1. The Morgan fingerprint density at radius 1 is 1.15 bits per heavy atom. The van der Waals surface area contributed by atoms with E-state index < -0.39 is 21.6 Å². The molecule has 3 aromatic rings. The van der Waals surface area contributed by atoms with E-state index in [1.807, 2.05) is 0 Å². The monoisotopic (exact) mass is 397 g/mol. The lowest BCUT2D eigenvalue weighted by Gasteiger charge is -2.09. The Balaban J connectivity index is 1.73. The van der Waals surface area contributed by atoms with Crippen LogP contribution in [0.2, 0.25) is 0 Å². The van der Waals surface area contributed by atoms with Gasteiger partial charge in [-0.25, -0.2) is 8.42 Å². The van der Waals surface area contributed by atoms with E-state index >= 15 is 0 Å². The number of aromatic nitrogens is 3. The molecule has 2 heterocycles. The first-order chi connectivity index (χ1) is 12.6. The van der Waals surface area contributed by atoms with E-state index in [1.54, 1.807) is 12.1 Å². The molecule has 27 heavy (non-hydrogen) atoms. The number of sulfone groups is 1. The minimum atomic E-state index is -4.54. The smallest absolute Gasteiger partial charge is 0.420 e. The van der Waals surface area contributed by atoms with Crippen molar-refractivity contribution in [1.29, 1.82) is 0 Å². The van der Waals surface area contributed by atoms with Crippen LogP contribution in [0.5, 0.6) is 5.75 Å². The number of halogens is 3. The summed E-state index contributed by atoms with van der Waals surface area (Å²) in [5, 5.41) is 5.72. The maximum absolute atomic E-state index is 12.9. The van der Waals surface area contributed by atoms with Crippen molar-refractivity contribution in [2.45, 2.75) is 17.7 Å². The molecule has 0 aliphatic rings. The standard InChI is InChI=1S/C17H14F3N3O3S/c1-27(24,25)13-4-2-3-11(7-13)10-26-12-5-6-15(21-8-12)16-14(9-22-23-16)17(18,19)20/h2-9H,10H2,1H3,(H,22,23). The van der Waals surface area contributed by atoms with Gasteiger partial charge in [0.1, 0.15) is 17.9 Å². The highest BCUT2D eigenvalue weighted by atomic mass is 32.2. The van der Waals surface area contributed by atoms with Crippen LogP contribution in [0.4, 0.5) is 13.2 Å². The van der Waals surface area contributed by atoms with Crippen molar-refractivity contribution in [1.82, 2.24) is 15.2 Å². The number of nitrogens with zero attached hydrogens (tertiary/aromatic N) is 2. The summed E-state index contributed by atoms with van der Waals surface area (Å²) in [4.78, 5) is 4.15. The number of alkyl halides is 3. The van der Waals surface area contributed by atoms with Gasteiger partial charge in [0.2, 0.25) is 0 Å². The van der Waals surface area contributed by atoms with Crippen molar-refractivity contribution in [3.63, 3.8) is 0 Å². The summed E-state index contributed by atoms with van der Waals surface area (Å²) in [6.07, 6.45) is -1.43. The number of H-pyrrole nitrogens is 1. The van der Waals surface area contributed by atoms with Gasteiger partial charge in [-0.2, -0.15) is 18.3 Å². The molecule has 10 heteroatoms. The van der Waals surface area contributed by atoms with E-state index in [0.717, 1.165) is 6.26 Å². The van der Waals surface area contributed by atoms with Crippen molar-refractivity contribution in [2.24, 2.45) is 0 Å². The Kier molecular flexibility index (Phi) is 4.92. The molecule has 0 fully saturated rings. The van der Waals surface area contributed by atoms with Gasteiger partial charge in [-0.15, -0.1) is 0 Å². The number of aromatic amines is 1. The molecule has 0 atom stereocenters. The predicted molar refractivity (Wildman–Crippen MR) is 90.7 cm³/mol. The fourth-order valence-electron chi connectivity index (χ4n) is 2.34. The Labute approximate surface area is 152 Å². The Bertz CT molecular complexity index is 1050. The maximum atomic E-state index is 12.9. The normalized spacial score (nSPS) is 12.1. The van der Waals surface area contributed by atoms with Crippen molar-refractivity contribution in [3.05, 3.63) is 59.9 Å². The molecule has 0 aliphatic carbocycles. The molecule has 0 aliphatic heterocycles. The molecule has 3 rings (SSSR count). The van der Waals surface area contributed by atoms with Gasteiger partial charge in [-0.1, -0.05) is 12.1 Å². The minimum Gasteiger partial charge on any atom is -0.487 e. The van der Waals surface area contributed by atoms with Gasteiger partial charge < -0.3 is 4.74 Å². The third-order valence-corrected chi connectivity index (χ3v) is 4.78. The molecular formula is C17H14F3N3O3S. The first-order valence-corrected chi connectivity index (χ1v) is 9.52. The van der Waals surface area contributed by atoms with E-state index in [9.17, 15) is 21.6 Å². The molecule has 1 aromatic carbocycles.